The summed E-state index contributed by atoms with van der Waals surface area (Å²) in [5.74, 6) is 2.42. The minimum absolute atomic E-state index is 0.672. The van der Waals surface area contributed by atoms with Crippen LogP contribution >= 0.6 is 0 Å². The summed E-state index contributed by atoms with van der Waals surface area (Å²) < 4.78 is 0. The van der Waals surface area contributed by atoms with Crippen molar-refractivity contribution in [2.75, 3.05) is 24.5 Å². The number of rotatable bonds is 5. The maximum Gasteiger partial charge on any atom is 0.225 e. The van der Waals surface area contributed by atoms with Crippen molar-refractivity contribution in [1.82, 2.24) is 15.3 Å². The van der Waals surface area contributed by atoms with Crippen LogP contribution in [0.15, 0.2) is 6.20 Å². The molecule has 0 saturated carbocycles. The highest BCUT2D eigenvalue weighted by atomic mass is 15.2. The highest BCUT2D eigenvalue weighted by Crippen LogP contribution is 2.20. The van der Waals surface area contributed by atoms with Crippen molar-refractivity contribution in [3.63, 3.8) is 0 Å². The molecule has 1 aromatic rings. The number of nitrogens with zero attached hydrogens (tertiary/aromatic N) is 3. The van der Waals surface area contributed by atoms with Gasteiger partial charge in [0.1, 0.15) is 0 Å². The number of hydrogen-bond donors (Lipinski definition) is 1. The Hall–Kier alpha value is -1.16. The van der Waals surface area contributed by atoms with Gasteiger partial charge in [0.25, 0.3) is 0 Å². The Morgan fingerprint density at radius 3 is 2.65 bits per heavy atom. The van der Waals surface area contributed by atoms with Crippen molar-refractivity contribution < 1.29 is 0 Å². The van der Waals surface area contributed by atoms with Crippen LogP contribution in [0.5, 0.6) is 0 Å². The molecule has 112 valence electrons. The third-order valence-electron chi connectivity index (χ3n) is 4.00. The first-order chi connectivity index (χ1) is 9.56. The first-order valence-corrected chi connectivity index (χ1v) is 7.84. The largest absolute Gasteiger partial charge is 0.341 e. The van der Waals surface area contributed by atoms with E-state index in [0.717, 1.165) is 43.7 Å². The van der Waals surface area contributed by atoms with E-state index in [4.69, 9.17) is 4.98 Å². The van der Waals surface area contributed by atoms with Crippen LogP contribution < -0.4 is 10.2 Å². The Labute approximate surface area is 123 Å². The molecule has 2 heterocycles. The molecule has 1 aliphatic heterocycles. The first-order valence-electron chi connectivity index (χ1n) is 7.84. The molecule has 0 amide bonds. The third-order valence-corrected chi connectivity index (χ3v) is 4.00. The molecule has 4 heteroatoms. The topological polar surface area (TPSA) is 41.1 Å². The second-order valence-corrected chi connectivity index (χ2v) is 6.47. The van der Waals surface area contributed by atoms with Gasteiger partial charge in [-0.1, -0.05) is 20.8 Å². The van der Waals surface area contributed by atoms with Gasteiger partial charge in [-0.25, -0.2) is 9.97 Å². The lowest BCUT2D eigenvalue weighted by atomic mass is 10.00. The molecule has 0 bridgehead atoms. The molecule has 2 rings (SSSR count). The molecule has 0 spiro atoms. The summed E-state index contributed by atoms with van der Waals surface area (Å²) in [6.07, 6.45) is 4.49. The average molecular weight is 276 g/mol. The summed E-state index contributed by atoms with van der Waals surface area (Å²) in [5, 5.41) is 3.45. The molecule has 4 nitrogen and oxygen atoms in total. The van der Waals surface area contributed by atoms with Crippen LogP contribution in [-0.2, 0) is 6.54 Å². The number of piperidine rings is 1. The lowest BCUT2D eigenvalue weighted by molar-refractivity contribution is 0.434. The van der Waals surface area contributed by atoms with Gasteiger partial charge in [0, 0.05) is 37.1 Å². The van der Waals surface area contributed by atoms with Crippen LogP contribution in [0.2, 0.25) is 0 Å². The summed E-state index contributed by atoms with van der Waals surface area (Å²) in [6, 6.07) is 0. The molecule has 1 fully saturated rings. The predicted octanol–water partition coefficient (Wildman–Crippen LogP) is 2.77. The molecule has 20 heavy (non-hydrogen) atoms. The second kappa shape index (κ2) is 7.02. The Morgan fingerprint density at radius 2 is 2.05 bits per heavy atom. The van der Waals surface area contributed by atoms with E-state index in [-0.39, 0.29) is 0 Å². The molecule has 1 aliphatic rings. The summed E-state index contributed by atoms with van der Waals surface area (Å²) in [6.45, 7) is 12.9. The highest BCUT2D eigenvalue weighted by Gasteiger charge is 2.18. The lowest BCUT2D eigenvalue weighted by Gasteiger charge is -2.30. The van der Waals surface area contributed by atoms with Crippen LogP contribution in [0, 0.1) is 18.8 Å². The van der Waals surface area contributed by atoms with E-state index in [1.54, 1.807) is 0 Å². The molecule has 0 radical (unpaired) electrons. The summed E-state index contributed by atoms with van der Waals surface area (Å²) in [5.41, 5.74) is 2.31. The van der Waals surface area contributed by atoms with Gasteiger partial charge in [-0.3, -0.25) is 0 Å². The fourth-order valence-electron chi connectivity index (χ4n) is 2.51. The monoisotopic (exact) mass is 276 g/mol. The van der Waals surface area contributed by atoms with E-state index in [1.165, 1.54) is 18.4 Å². The van der Waals surface area contributed by atoms with E-state index in [9.17, 15) is 0 Å². The summed E-state index contributed by atoms with van der Waals surface area (Å²) >= 11 is 0. The maximum absolute atomic E-state index is 4.69. The minimum atomic E-state index is 0.672. The van der Waals surface area contributed by atoms with Crippen LogP contribution in [0.25, 0.3) is 0 Å². The van der Waals surface area contributed by atoms with Gasteiger partial charge in [-0.15, -0.1) is 0 Å². The number of aryl methyl sites for hydroxylation is 1. The van der Waals surface area contributed by atoms with E-state index in [1.807, 2.05) is 6.20 Å². The maximum atomic E-state index is 4.69. The van der Waals surface area contributed by atoms with Gasteiger partial charge in [0.05, 0.1) is 0 Å². The quantitative estimate of drug-likeness (QED) is 0.898. The Morgan fingerprint density at radius 1 is 1.35 bits per heavy atom. The third kappa shape index (κ3) is 4.17. The van der Waals surface area contributed by atoms with Crippen LogP contribution in [0.4, 0.5) is 5.95 Å². The van der Waals surface area contributed by atoms with E-state index in [2.05, 4.69) is 42.9 Å². The van der Waals surface area contributed by atoms with Gasteiger partial charge in [-0.2, -0.15) is 0 Å². The van der Waals surface area contributed by atoms with Crippen molar-refractivity contribution in [3.8, 4) is 0 Å². The fraction of sp³-hybridized carbons (Fsp3) is 0.750. The van der Waals surface area contributed by atoms with E-state index < -0.39 is 0 Å². The van der Waals surface area contributed by atoms with Crippen molar-refractivity contribution >= 4 is 5.95 Å². The van der Waals surface area contributed by atoms with Gasteiger partial charge in [-0.05, 0) is 38.1 Å². The van der Waals surface area contributed by atoms with Crippen LogP contribution in [-0.4, -0.2) is 29.6 Å². The second-order valence-electron chi connectivity index (χ2n) is 6.47. The molecule has 1 aromatic heterocycles. The molecule has 1 N–H and O–H groups in total. The van der Waals surface area contributed by atoms with Gasteiger partial charge < -0.3 is 10.2 Å². The van der Waals surface area contributed by atoms with Gasteiger partial charge in [0.2, 0.25) is 5.95 Å². The number of nitrogens with one attached hydrogen (secondary N) is 1. The average Bonchev–Trinajstić information content (AvgIpc) is 2.41. The zero-order valence-corrected chi connectivity index (χ0v) is 13.3. The fourth-order valence-corrected chi connectivity index (χ4v) is 2.51. The molecule has 0 atom stereocenters. The number of hydrogen-bond acceptors (Lipinski definition) is 4. The smallest absolute Gasteiger partial charge is 0.225 e. The van der Waals surface area contributed by atoms with Crippen molar-refractivity contribution in [2.45, 2.75) is 47.1 Å². The molecule has 1 saturated heterocycles. The Balaban J connectivity index is 1.95. The van der Waals surface area contributed by atoms with Crippen molar-refractivity contribution in [3.05, 3.63) is 17.5 Å². The molecule has 0 aromatic carbocycles. The zero-order valence-electron chi connectivity index (χ0n) is 13.3. The zero-order chi connectivity index (χ0) is 14.5. The number of anilines is 1. The van der Waals surface area contributed by atoms with Gasteiger partial charge >= 0.3 is 0 Å². The first kappa shape index (κ1) is 15.2. The highest BCUT2D eigenvalue weighted by molar-refractivity contribution is 5.33. The SMILES string of the molecule is Cc1nc(N2CCC(C)CC2)ncc1CNCC(C)C. The van der Waals surface area contributed by atoms with Crippen LogP contribution in [0.1, 0.15) is 44.9 Å². The molecule has 0 aliphatic carbocycles. The Kier molecular flexibility index (Phi) is 5.35. The lowest BCUT2D eigenvalue weighted by Crippen LogP contribution is -2.34. The van der Waals surface area contributed by atoms with Crippen molar-refractivity contribution in [1.29, 1.82) is 0 Å². The summed E-state index contributed by atoms with van der Waals surface area (Å²) in [7, 11) is 0. The molecular formula is C16H28N4. The van der Waals surface area contributed by atoms with E-state index >= 15 is 0 Å². The standard InChI is InChI=1S/C16H28N4/c1-12(2)9-17-10-15-11-18-16(19-14(15)4)20-7-5-13(3)6-8-20/h11-13,17H,5-10H2,1-4H3. The number of aromatic nitrogens is 2. The van der Waals surface area contributed by atoms with E-state index in [0.29, 0.717) is 5.92 Å². The van der Waals surface area contributed by atoms with Gasteiger partial charge in [0.15, 0.2) is 0 Å². The normalized spacial score (nSPS) is 16.9. The summed E-state index contributed by atoms with van der Waals surface area (Å²) in [4.78, 5) is 11.6. The van der Waals surface area contributed by atoms with Crippen LogP contribution in [0.3, 0.4) is 0 Å². The predicted molar refractivity (Wildman–Crippen MR) is 83.9 cm³/mol. The molecule has 0 unspecified atom stereocenters. The minimum Gasteiger partial charge on any atom is -0.341 e. The molecular weight excluding hydrogens is 248 g/mol. The van der Waals surface area contributed by atoms with Crippen molar-refractivity contribution in [2.24, 2.45) is 11.8 Å². The Bertz CT molecular complexity index is 422.